The van der Waals surface area contributed by atoms with Gasteiger partial charge in [-0.3, -0.25) is 9.78 Å². The third-order valence-electron chi connectivity index (χ3n) is 3.08. The standard InChI is InChI=1S/C16H17NO/c1-10-7-11(2)15(12(3)8-10)16(18)14-6-5-13(4)17-9-14/h5-9H,1-4H3. The van der Waals surface area contributed by atoms with E-state index in [4.69, 9.17) is 0 Å². The summed E-state index contributed by atoms with van der Waals surface area (Å²) >= 11 is 0. The fraction of sp³-hybridized carbons (Fsp3) is 0.250. The smallest absolute Gasteiger partial charge is 0.195 e. The summed E-state index contributed by atoms with van der Waals surface area (Å²) in [6.45, 7) is 7.92. The lowest BCUT2D eigenvalue weighted by molar-refractivity contribution is 0.103. The van der Waals surface area contributed by atoms with Gasteiger partial charge in [-0.1, -0.05) is 17.7 Å². The van der Waals surface area contributed by atoms with Crippen molar-refractivity contribution in [1.29, 1.82) is 0 Å². The van der Waals surface area contributed by atoms with Crippen LogP contribution in [0.2, 0.25) is 0 Å². The molecule has 92 valence electrons. The van der Waals surface area contributed by atoms with E-state index in [0.717, 1.165) is 22.4 Å². The summed E-state index contributed by atoms with van der Waals surface area (Å²) in [5, 5.41) is 0. The van der Waals surface area contributed by atoms with Crippen molar-refractivity contribution in [2.24, 2.45) is 0 Å². The van der Waals surface area contributed by atoms with E-state index >= 15 is 0 Å². The number of hydrogen-bond acceptors (Lipinski definition) is 2. The second kappa shape index (κ2) is 4.73. The first-order valence-corrected chi connectivity index (χ1v) is 6.04. The lowest BCUT2D eigenvalue weighted by atomic mass is 9.94. The van der Waals surface area contributed by atoms with Gasteiger partial charge in [-0.2, -0.15) is 0 Å². The Bertz CT molecular complexity index is 574. The third-order valence-corrected chi connectivity index (χ3v) is 3.08. The van der Waals surface area contributed by atoms with Gasteiger partial charge in [-0.05, 0) is 51.0 Å². The minimum Gasteiger partial charge on any atom is -0.289 e. The third kappa shape index (κ3) is 2.33. The maximum atomic E-state index is 12.5. The molecule has 0 aliphatic heterocycles. The monoisotopic (exact) mass is 239 g/mol. The van der Waals surface area contributed by atoms with Crippen LogP contribution < -0.4 is 0 Å². The highest BCUT2D eigenvalue weighted by molar-refractivity contribution is 6.10. The SMILES string of the molecule is Cc1cc(C)c(C(=O)c2ccc(C)nc2)c(C)c1. The number of hydrogen-bond donors (Lipinski definition) is 0. The number of aromatic nitrogens is 1. The van der Waals surface area contributed by atoms with Gasteiger partial charge < -0.3 is 0 Å². The van der Waals surface area contributed by atoms with Crippen molar-refractivity contribution < 1.29 is 4.79 Å². The van der Waals surface area contributed by atoms with E-state index in [2.05, 4.69) is 4.98 Å². The van der Waals surface area contributed by atoms with Gasteiger partial charge in [-0.15, -0.1) is 0 Å². The molecule has 0 saturated carbocycles. The number of rotatable bonds is 2. The minimum atomic E-state index is 0.0532. The first-order chi connectivity index (χ1) is 8.49. The zero-order valence-electron chi connectivity index (χ0n) is 11.2. The van der Waals surface area contributed by atoms with E-state index in [1.807, 2.05) is 52.0 Å². The molecule has 18 heavy (non-hydrogen) atoms. The van der Waals surface area contributed by atoms with Gasteiger partial charge in [0.2, 0.25) is 0 Å². The molecule has 0 amide bonds. The number of ketones is 1. The van der Waals surface area contributed by atoms with Crippen molar-refractivity contribution in [3.05, 3.63) is 64.0 Å². The van der Waals surface area contributed by atoms with E-state index in [1.165, 1.54) is 5.56 Å². The van der Waals surface area contributed by atoms with Crippen molar-refractivity contribution >= 4 is 5.78 Å². The molecule has 0 unspecified atom stereocenters. The van der Waals surface area contributed by atoms with Crippen LogP contribution in [0, 0.1) is 27.7 Å². The van der Waals surface area contributed by atoms with Gasteiger partial charge >= 0.3 is 0 Å². The molecule has 2 aromatic rings. The molecule has 0 aliphatic carbocycles. The number of carbonyl (C=O) groups is 1. The predicted octanol–water partition coefficient (Wildman–Crippen LogP) is 3.55. The normalized spacial score (nSPS) is 10.4. The summed E-state index contributed by atoms with van der Waals surface area (Å²) in [6, 6.07) is 7.79. The Labute approximate surface area is 108 Å². The summed E-state index contributed by atoms with van der Waals surface area (Å²) < 4.78 is 0. The first-order valence-electron chi connectivity index (χ1n) is 6.04. The number of pyridine rings is 1. The lowest BCUT2D eigenvalue weighted by Gasteiger charge is -2.10. The molecule has 1 aromatic heterocycles. The van der Waals surface area contributed by atoms with Crippen molar-refractivity contribution in [2.45, 2.75) is 27.7 Å². The molecule has 0 aliphatic rings. The fourth-order valence-electron chi connectivity index (χ4n) is 2.28. The average molecular weight is 239 g/mol. The lowest BCUT2D eigenvalue weighted by Crippen LogP contribution is -2.07. The van der Waals surface area contributed by atoms with Gasteiger partial charge in [0.1, 0.15) is 0 Å². The maximum Gasteiger partial charge on any atom is 0.195 e. The minimum absolute atomic E-state index is 0.0532. The largest absolute Gasteiger partial charge is 0.289 e. The Hall–Kier alpha value is -1.96. The van der Waals surface area contributed by atoms with Crippen LogP contribution in [0.3, 0.4) is 0 Å². The average Bonchev–Trinajstić information content (AvgIpc) is 2.28. The molecular formula is C16H17NO. The quantitative estimate of drug-likeness (QED) is 0.750. The van der Waals surface area contributed by atoms with E-state index in [9.17, 15) is 4.79 Å². The molecule has 2 rings (SSSR count). The van der Waals surface area contributed by atoms with Crippen molar-refractivity contribution in [3.63, 3.8) is 0 Å². The van der Waals surface area contributed by atoms with Gasteiger partial charge in [-0.25, -0.2) is 0 Å². The number of nitrogens with zero attached hydrogens (tertiary/aromatic N) is 1. The highest BCUT2D eigenvalue weighted by Gasteiger charge is 2.14. The van der Waals surface area contributed by atoms with Crippen LogP contribution in [0.15, 0.2) is 30.5 Å². The fourth-order valence-corrected chi connectivity index (χ4v) is 2.28. The van der Waals surface area contributed by atoms with E-state index in [1.54, 1.807) is 6.20 Å². The molecule has 0 spiro atoms. The Balaban J connectivity index is 2.49. The zero-order chi connectivity index (χ0) is 13.3. The molecule has 0 N–H and O–H groups in total. The van der Waals surface area contributed by atoms with Crippen LogP contribution in [-0.2, 0) is 0 Å². The highest BCUT2D eigenvalue weighted by atomic mass is 16.1. The van der Waals surface area contributed by atoms with Gasteiger partial charge in [0, 0.05) is 23.0 Å². The van der Waals surface area contributed by atoms with Crippen LogP contribution in [0.5, 0.6) is 0 Å². The maximum absolute atomic E-state index is 12.5. The molecular weight excluding hydrogens is 222 g/mol. The first kappa shape index (κ1) is 12.5. The molecule has 0 bridgehead atoms. The molecule has 1 aromatic carbocycles. The molecule has 0 saturated heterocycles. The Kier molecular flexibility index (Phi) is 3.28. The molecule has 0 atom stereocenters. The summed E-state index contributed by atoms with van der Waals surface area (Å²) in [5.41, 5.74) is 5.60. The summed E-state index contributed by atoms with van der Waals surface area (Å²) in [6.07, 6.45) is 1.65. The van der Waals surface area contributed by atoms with Gasteiger partial charge in [0.25, 0.3) is 0 Å². The van der Waals surface area contributed by atoms with Crippen LogP contribution >= 0.6 is 0 Å². The summed E-state index contributed by atoms with van der Waals surface area (Å²) in [5.74, 6) is 0.0532. The summed E-state index contributed by atoms with van der Waals surface area (Å²) in [4.78, 5) is 16.7. The Morgan fingerprint density at radius 2 is 1.61 bits per heavy atom. The second-order valence-electron chi connectivity index (χ2n) is 4.79. The van der Waals surface area contributed by atoms with Crippen LogP contribution in [0.25, 0.3) is 0 Å². The Morgan fingerprint density at radius 3 is 2.11 bits per heavy atom. The molecule has 0 fully saturated rings. The second-order valence-corrected chi connectivity index (χ2v) is 4.79. The zero-order valence-corrected chi connectivity index (χ0v) is 11.2. The van der Waals surface area contributed by atoms with Crippen LogP contribution in [0.1, 0.15) is 38.3 Å². The number of carbonyl (C=O) groups excluding carboxylic acids is 1. The van der Waals surface area contributed by atoms with Gasteiger partial charge in [0.15, 0.2) is 5.78 Å². The topological polar surface area (TPSA) is 30.0 Å². The van der Waals surface area contributed by atoms with E-state index in [-0.39, 0.29) is 5.78 Å². The van der Waals surface area contributed by atoms with Crippen LogP contribution in [-0.4, -0.2) is 10.8 Å². The van der Waals surface area contributed by atoms with Crippen molar-refractivity contribution in [1.82, 2.24) is 4.98 Å². The molecule has 0 radical (unpaired) electrons. The van der Waals surface area contributed by atoms with Gasteiger partial charge in [0.05, 0.1) is 0 Å². The predicted molar refractivity (Wildman–Crippen MR) is 73.1 cm³/mol. The highest BCUT2D eigenvalue weighted by Crippen LogP contribution is 2.20. The molecule has 1 heterocycles. The van der Waals surface area contributed by atoms with Crippen molar-refractivity contribution in [2.75, 3.05) is 0 Å². The number of benzene rings is 1. The van der Waals surface area contributed by atoms with Crippen LogP contribution in [0.4, 0.5) is 0 Å². The van der Waals surface area contributed by atoms with E-state index in [0.29, 0.717) is 5.56 Å². The Morgan fingerprint density at radius 1 is 1.00 bits per heavy atom. The molecule has 2 nitrogen and oxygen atoms in total. The number of aryl methyl sites for hydroxylation is 4. The molecule has 2 heteroatoms. The summed E-state index contributed by atoms with van der Waals surface area (Å²) in [7, 11) is 0. The van der Waals surface area contributed by atoms with Crippen molar-refractivity contribution in [3.8, 4) is 0 Å². The van der Waals surface area contributed by atoms with E-state index < -0.39 is 0 Å².